The lowest BCUT2D eigenvalue weighted by Crippen LogP contribution is -2.10. The third-order valence-electron chi connectivity index (χ3n) is 2.58. The Morgan fingerprint density at radius 3 is 2.42 bits per heavy atom. The molecule has 0 aliphatic heterocycles. The van der Waals surface area contributed by atoms with E-state index in [0.717, 1.165) is 0 Å². The van der Waals surface area contributed by atoms with Crippen LogP contribution in [-0.4, -0.2) is 0 Å². The van der Waals surface area contributed by atoms with Gasteiger partial charge in [-0.1, -0.05) is 23.7 Å². The van der Waals surface area contributed by atoms with E-state index < -0.39 is 11.9 Å². The first-order chi connectivity index (χ1) is 9.11. The van der Waals surface area contributed by atoms with Crippen LogP contribution in [0.1, 0.15) is 11.6 Å². The standard InChI is InChI=1S/C14H9ClF2N2/c15-12-3-1-2-11(14(12)17)13(8-18)19-10-6-4-9(16)5-7-10/h1-7,13,19H. The summed E-state index contributed by atoms with van der Waals surface area (Å²) in [6.45, 7) is 0. The fourth-order valence-corrected chi connectivity index (χ4v) is 1.82. The molecule has 0 amide bonds. The molecule has 0 heterocycles. The van der Waals surface area contributed by atoms with E-state index in [-0.39, 0.29) is 16.4 Å². The van der Waals surface area contributed by atoms with Crippen LogP contribution < -0.4 is 5.32 Å². The zero-order valence-electron chi connectivity index (χ0n) is 9.70. The van der Waals surface area contributed by atoms with Crippen LogP contribution in [0.15, 0.2) is 42.5 Å². The van der Waals surface area contributed by atoms with Crippen molar-refractivity contribution < 1.29 is 8.78 Å². The van der Waals surface area contributed by atoms with Crippen molar-refractivity contribution in [3.8, 4) is 6.07 Å². The molecule has 2 aromatic rings. The summed E-state index contributed by atoms with van der Waals surface area (Å²) in [5.74, 6) is -1.02. The molecule has 19 heavy (non-hydrogen) atoms. The molecular formula is C14H9ClF2N2. The van der Waals surface area contributed by atoms with Gasteiger partial charge in [0.1, 0.15) is 17.7 Å². The van der Waals surface area contributed by atoms with Gasteiger partial charge in [0.15, 0.2) is 0 Å². The molecule has 0 saturated carbocycles. The monoisotopic (exact) mass is 278 g/mol. The van der Waals surface area contributed by atoms with Crippen molar-refractivity contribution in [1.29, 1.82) is 5.26 Å². The van der Waals surface area contributed by atoms with Gasteiger partial charge in [0, 0.05) is 11.3 Å². The van der Waals surface area contributed by atoms with Crippen molar-refractivity contribution in [2.75, 3.05) is 5.32 Å². The first-order valence-corrected chi connectivity index (χ1v) is 5.85. The summed E-state index contributed by atoms with van der Waals surface area (Å²) in [5.41, 5.74) is 0.673. The molecule has 2 rings (SSSR count). The average Bonchev–Trinajstić information content (AvgIpc) is 2.42. The third-order valence-corrected chi connectivity index (χ3v) is 2.87. The Balaban J connectivity index is 2.28. The quantitative estimate of drug-likeness (QED) is 0.909. The Bertz CT molecular complexity index is 620. The lowest BCUT2D eigenvalue weighted by atomic mass is 10.1. The van der Waals surface area contributed by atoms with Crippen molar-refractivity contribution in [3.63, 3.8) is 0 Å². The van der Waals surface area contributed by atoms with E-state index in [1.165, 1.54) is 36.4 Å². The summed E-state index contributed by atoms with van der Waals surface area (Å²) in [7, 11) is 0. The van der Waals surface area contributed by atoms with E-state index in [4.69, 9.17) is 16.9 Å². The van der Waals surface area contributed by atoms with Gasteiger partial charge in [-0.05, 0) is 30.3 Å². The van der Waals surface area contributed by atoms with Gasteiger partial charge in [-0.3, -0.25) is 0 Å². The van der Waals surface area contributed by atoms with E-state index in [0.29, 0.717) is 5.69 Å². The minimum Gasteiger partial charge on any atom is -0.366 e. The molecule has 0 radical (unpaired) electrons. The Morgan fingerprint density at radius 2 is 1.79 bits per heavy atom. The lowest BCUT2D eigenvalue weighted by Gasteiger charge is -2.14. The van der Waals surface area contributed by atoms with Gasteiger partial charge in [-0.25, -0.2) is 8.78 Å². The topological polar surface area (TPSA) is 35.8 Å². The molecule has 0 saturated heterocycles. The van der Waals surface area contributed by atoms with Crippen LogP contribution in [0.2, 0.25) is 5.02 Å². The Hall–Kier alpha value is -2.12. The molecule has 1 unspecified atom stereocenters. The normalized spacial score (nSPS) is 11.7. The maximum absolute atomic E-state index is 13.8. The Kier molecular flexibility index (Phi) is 3.98. The van der Waals surface area contributed by atoms with Crippen LogP contribution in [0, 0.1) is 23.0 Å². The second kappa shape index (κ2) is 5.68. The zero-order valence-corrected chi connectivity index (χ0v) is 10.5. The summed E-state index contributed by atoms with van der Waals surface area (Å²) >= 11 is 5.68. The van der Waals surface area contributed by atoms with Crippen molar-refractivity contribution >= 4 is 17.3 Å². The molecule has 0 fully saturated rings. The minimum absolute atomic E-state index is 0.0429. The molecule has 1 N–H and O–H groups in total. The highest BCUT2D eigenvalue weighted by Gasteiger charge is 2.16. The number of rotatable bonds is 3. The summed E-state index contributed by atoms with van der Waals surface area (Å²) in [5, 5.41) is 11.9. The summed E-state index contributed by atoms with van der Waals surface area (Å²) in [4.78, 5) is 0. The molecule has 96 valence electrons. The molecule has 0 aromatic heterocycles. The van der Waals surface area contributed by atoms with Gasteiger partial charge in [0.2, 0.25) is 0 Å². The zero-order chi connectivity index (χ0) is 13.8. The predicted octanol–water partition coefficient (Wildman–Crippen LogP) is 4.29. The maximum Gasteiger partial charge on any atom is 0.148 e. The largest absolute Gasteiger partial charge is 0.366 e. The fraction of sp³-hybridized carbons (Fsp3) is 0.0714. The Morgan fingerprint density at radius 1 is 1.11 bits per heavy atom. The molecule has 0 aliphatic rings. The highest BCUT2D eigenvalue weighted by molar-refractivity contribution is 6.30. The Labute approximate surface area is 114 Å². The van der Waals surface area contributed by atoms with Gasteiger partial charge in [0.05, 0.1) is 11.1 Å². The highest BCUT2D eigenvalue weighted by Crippen LogP contribution is 2.25. The minimum atomic E-state index is -0.899. The number of hydrogen-bond acceptors (Lipinski definition) is 2. The number of halogens is 3. The van der Waals surface area contributed by atoms with E-state index >= 15 is 0 Å². The van der Waals surface area contributed by atoms with Gasteiger partial charge in [0.25, 0.3) is 0 Å². The van der Waals surface area contributed by atoms with Crippen LogP contribution in [0.4, 0.5) is 14.5 Å². The first-order valence-electron chi connectivity index (χ1n) is 5.47. The third kappa shape index (κ3) is 3.01. The molecule has 0 aliphatic carbocycles. The van der Waals surface area contributed by atoms with Crippen LogP contribution in [0.25, 0.3) is 0 Å². The summed E-state index contributed by atoms with van der Waals surface area (Å²) in [6, 6.07) is 11.0. The molecule has 2 aromatic carbocycles. The SMILES string of the molecule is N#CC(Nc1ccc(F)cc1)c1cccc(Cl)c1F. The van der Waals surface area contributed by atoms with Crippen LogP contribution in [0.5, 0.6) is 0 Å². The highest BCUT2D eigenvalue weighted by atomic mass is 35.5. The molecule has 0 bridgehead atoms. The number of nitriles is 1. The molecule has 1 atom stereocenters. The van der Waals surface area contributed by atoms with E-state index in [1.807, 2.05) is 6.07 Å². The van der Waals surface area contributed by atoms with E-state index in [1.54, 1.807) is 6.07 Å². The molecule has 2 nitrogen and oxygen atoms in total. The maximum atomic E-state index is 13.8. The van der Waals surface area contributed by atoms with Crippen LogP contribution in [-0.2, 0) is 0 Å². The predicted molar refractivity (Wildman–Crippen MR) is 69.8 cm³/mol. The van der Waals surface area contributed by atoms with Crippen molar-refractivity contribution in [2.24, 2.45) is 0 Å². The van der Waals surface area contributed by atoms with Crippen molar-refractivity contribution in [3.05, 3.63) is 64.7 Å². The molecular weight excluding hydrogens is 270 g/mol. The number of anilines is 1. The fourth-order valence-electron chi connectivity index (χ4n) is 1.64. The smallest absolute Gasteiger partial charge is 0.148 e. The number of nitrogens with zero attached hydrogens (tertiary/aromatic N) is 1. The van der Waals surface area contributed by atoms with Crippen molar-refractivity contribution in [1.82, 2.24) is 0 Å². The van der Waals surface area contributed by atoms with E-state index in [2.05, 4.69) is 5.32 Å². The van der Waals surface area contributed by atoms with Gasteiger partial charge < -0.3 is 5.32 Å². The van der Waals surface area contributed by atoms with Gasteiger partial charge >= 0.3 is 0 Å². The number of benzene rings is 2. The van der Waals surface area contributed by atoms with Crippen molar-refractivity contribution in [2.45, 2.75) is 6.04 Å². The molecule has 5 heteroatoms. The van der Waals surface area contributed by atoms with Gasteiger partial charge in [-0.2, -0.15) is 5.26 Å². The van der Waals surface area contributed by atoms with E-state index in [9.17, 15) is 8.78 Å². The number of hydrogen-bond donors (Lipinski definition) is 1. The van der Waals surface area contributed by atoms with Gasteiger partial charge in [-0.15, -0.1) is 0 Å². The summed E-state index contributed by atoms with van der Waals surface area (Å²) < 4.78 is 26.6. The van der Waals surface area contributed by atoms with Crippen LogP contribution >= 0.6 is 11.6 Å². The first kappa shape index (κ1) is 13.3. The second-order valence-corrected chi connectivity index (χ2v) is 4.26. The number of nitrogens with one attached hydrogen (secondary N) is 1. The molecule has 0 spiro atoms. The lowest BCUT2D eigenvalue weighted by molar-refractivity contribution is 0.607. The van der Waals surface area contributed by atoms with Crippen LogP contribution in [0.3, 0.4) is 0 Å². The average molecular weight is 279 g/mol. The summed E-state index contributed by atoms with van der Waals surface area (Å²) in [6.07, 6.45) is 0. The second-order valence-electron chi connectivity index (χ2n) is 3.86.